The van der Waals surface area contributed by atoms with E-state index in [0.29, 0.717) is 6.04 Å². The Morgan fingerprint density at radius 3 is 2.53 bits per heavy atom. The number of anilines is 1. The fourth-order valence-corrected chi connectivity index (χ4v) is 5.33. The van der Waals surface area contributed by atoms with Crippen molar-refractivity contribution in [2.75, 3.05) is 18.0 Å². The molecule has 3 N–H and O–H groups in total. The average molecular weight is 488 g/mol. The lowest BCUT2D eigenvalue weighted by Gasteiger charge is -2.37. The number of nitrogens with two attached hydrogens (primary N) is 1. The second kappa shape index (κ2) is 10.4. The molecule has 1 aliphatic carbocycles. The third kappa shape index (κ3) is 5.16. The van der Waals surface area contributed by atoms with Crippen LogP contribution in [0, 0.1) is 19.8 Å². The van der Waals surface area contributed by atoms with Crippen molar-refractivity contribution in [3.05, 3.63) is 53.0 Å². The van der Waals surface area contributed by atoms with Gasteiger partial charge in [0.1, 0.15) is 11.5 Å². The quantitative estimate of drug-likeness (QED) is 0.577. The molecule has 1 aromatic heterocycles. The topological polar surface area (TPSA) is 92.8 Å². The van der Waals surface area contributed by atoms with Gasteiger partial charge in [-0.25, -0.2) is 0 Å². The summed E-state index contributed by atoms with van der Waals surface area (Å²) in [6, 6.07) is 8.46. The zero-order valence-electron chi connectivity index (χ0n) is 21.6. The first-order chi connectivity index (χ1) is 17.4. The zero-order valence-corrected chi connectivity index (χ0v) is 21.6. The van der Waals surface area contributed by atoms with Crippen molar-refractivity contribution in [3.8, 4) is 11.5 Å². The highest BCUT2D eigenvalue weighted by atomic mass is 16.5. The number of piperidine rings is 1. The number of aryl methyl sites for hydroxylation is 2. The maximum atomic E-state index is 13.3. The molecule has 2 aromatic rings. The van der Waals surface area contributed by atoms with Crippen molar-refractivity contribution in [2.24, 2.45) is 16.6 Å². The molecule has 0 radical (unpaired) electrons. The molecule has 0 unspecified atom stereocenters. The normalized spacial score (nSPS) is 21.0. The van der Waals surface area contributed by atoms with Crippen molar-refractivity contribution < 1.29 is 9.53 Å². The highest BCUT2D eigenvalue weighted by Crippen LogP contribution is 2.45. The van der Waals surface area contributed by atoms with Crippen LogP contribution in [0.2, 0.25) is 0 Å². The summed E-state index contributed by atoms with van der Waals surface area (Å²) in [7, 11) is 0. The number of carbonyl (C=O) groups excluding carboxylic acids is 1. The lowest BCUT2D eigenvalue weighted by molar-refractivity contribution is -0.120. The molecule has 1 amide bonds. The SMILES string of the molecule is Cc1cc(Oc2c(C(C=NC3CCNCC3)=CN)ccc3c2CC[C@H](C)N3C(=O)C2CC2)cc(C)n1. The summed E-state index contributed by atoms with van der Waals surface area (Å²) >= 11 is 0. The van der Waals surface area contributed by atoms with Gasteiger partial charge in [0, 0.05) is 64.6 Å². The fraction of sp³-hybridized carbons (Fsp3) is 0.483. The monoisotopic (exact) mass is 487 g/mol. The van der Waals surface area contributed by atoms with Crippen LogP contribution < -0.4 is 20.7 Å². The number of nitrogens with zero attached hydrogens (tertiary/aromatic N) is 3. The van der Waals surface area contributed by atoms with Crippen LogP contribution >= 0.6 is 0 Å². The van der Waals surface area contributed by atoms with Crippen molar-refractivity contribution >= 4 is 23.4 Å². The van der Waals surface area contributed by atoms with Crippen molar-refractivity contribution in [2.45, 2.75) is 71.4 Å². The van der Waals surface area contributed by atoms with Gasteiger partial charge in [0.2, 0.25) is 5.91 Å². The number of allylic oxidation sites excluding steroid dienone is 1. The number of benzene rings is 1. The van der Waals surface area contributed by atoms with Gasteiger partial charge in [-0.2, -0.15) is 0 Å². The number of hydrogen-bond donors (Lipinski definition) is 2. The van der Waals surface area contributed by atoms with Gasteiger partial charge >= 0.3 is 0 Å². The van der Waals surface area contributed by atoms with Crippen LogP contribution in [0.5, 0.6) is 11.5 Å². The predicted molar refractivity (Wildman–Crippen MR) is 145 cm³/mol. The molecular formula is C29H37N5O2. The largest absolute Gasteiger partial charge is 0.456 e. The first kappa shape index (κ1) is 24.5. The van der Waals surface area contributed by atoms with E-state index in [-0.39, 0.29) is 17.9 Å². The molecule has 7 nitrogen and oxygen atoms in total. The number of amides is 1. The number of rotatable bonds is 6. The standard InChI is InChI=1S/C29H37N5O2/c1-18-14-24(15-19(2)33-18)36-28-25(22(16-30)17-32-23-10-12-31-13-11-23)8-9-27-26(28)7-4-20(3)34(27)29(35)21-5-6-21/h8-9,14-17,20-21,23,31H,4-7,10-13,30H2,1-3H3/t20-/m0/s1. The first-order valence-corrected chi connectivity index (χ1v) is 13.2. The number of fused-ring (bicyclic) bond motifs is 1. The highest BCUT2D eigenvalue weighted by Gasteiger charge is 2.39. The summed E-state index contributed by atoms with van der Waals surface area (Å²) in [6.45, 7) is 8.05. The minimum absolute atomic E-state index is 0.157. The fourth-order valence-electron chi connectivity index (χ4n) is 5.33. The molecule has 0 spiro atoms. The number of carbonyl (C=O) groups is 1. The van der Waals surface area contributed by atoms with Crippen LogP contribution in [0.3, 0.4) is 0 Å². The Hall–Kier alpha value is -3.19. The predicted octanol–water partition coefficient (Wildman–Crippen LogP) is 4.69. The summed E-state index contributed by atoms with van der Waals surface area (Å²) in [5.74, 6) is 1.89. The highest BCUT2D eigenvalue weighted by molar-refractivity contribution is 6.11. The van der Waals surface area contributed by atoms with Crippen molar-refractivity contribution in [3.63, 3.8) is 0 Å². The van der Waals surface area contributed by atoms with Crippen LogP contribution in [0.25, 0.3) is 5.57 Å². The first-order valence-electron chi connectivity index (χ1n) is 13.2. The van der Waals surface area contributed by atoms with E-state index in [0.717, 1.165) is 96.9 Å². The van der Waals surface area contributed by atoms with Gasteiger partial charge in [0.25, 0.3) is 0 Å². The number of nitrogens with one attached hydrogen (secondary N) is 1. The van der Waals surface area contributed by atoms with Crippen LogP contribution in [0.4, 0.5) is 5.69 Å². The summed E-state index contributed by atoms with van der Waals surface area (Å²) in [5.41, 5.74) is 11.7. The second-order valence-corrected chi connectivity index (χ2v) is 10.4. The Balaban J connectivity index is 1.58. The van der Waals surface area contributed by atoms with E-state index in [1.807, 2.05) is 43.2 Å². The molecular weight excluding hydrogens is 450 g/mol. The maximum Gasteiger partial charge on any atom is 0.230 e. The molecule has 3 heterocycles. The number of aliphatic imine (C=N–C) groups is 1. The third-order valence-electron chi connectivity index (χ3n) is 7.41. The van der Waals surface area contributed by atoms with Gasteiger partial charge in [-0.05, 0) is 84.5 Å². The molecule has 0 bridgehead atoms. The molecule has 2 aliphatic heterocycles. The molecule has 3 aliphatic rings. The van der Waals surface area contributed by atoms with Gasteiger partial charge in [0.05, 0.1) is 11.7 Å². The Labute approximate surface area is 213 Å². The molecule has 1 atom stereocenters. The van der Waals surface area contributed by atoms with E-state index in [1.54, 1.807) is 6.20 Å². The van der Waals surface area contributed by atoms with E-state index < -0.39 is 0 Å². The summed E-state index contributed by atoms with van der Waals surface area (Å²) < 4.78 is 6.64. The van der Waals surface area contributed by atoms with Gasteiger partial charge in [-0.3, -0.25) is 14.8 Å². The molecule has 190 valence electrons. The van der Waals surface area contributed by atoms with Crippen molar-refractivity contribution in [1.82, 2.24) is 10.3 Å². The van der Waals surface area contributed by atoms with Crippen LogP contribution in [-0.4, -0.2) is 42.3 Å². The lowest BCUT2D eigenvalue weighted by Crippen LogP contribution is -2.43. The molecule has 7 heteroatoms. The van der Waals surface area contributed by atoms with Gasteiger partial charge in [-0.1, -0.05) is 0 Å². The minimum Gasteiger partial charge on any atom is -0.456 e. The third-order valence-corrected chi connectivity index (χ3v) is 7.41. The van der Waals surface area contributed by atoms with E-state index in [1.165, 1.54) is 0 Å². The number of hydrogen-bond acceptors (Lipinski definition) is 6. The molecule has 2 fully saturated rings. The second-order valence-electron chi connectivity index (χ2n) is 10.4. The van der Waals surface area contributed by atoms with Crippen LogP contribution in [-0.2, 0) is 11.2 Å². The lowest BCUT2D eigenvalue weighted by atomic mass is 9.91. The summed E-state index contributed by atoms with van der Waals surface area (Å²) in [5, 5.41) is 3.39. The molecule has 1 saturated heterocycles. The maximum absolute atomic E-state index is 13.3. The Morgan fingerprint density at radius 1 is 1.14 bits per heavy atom. The zero-order chi connectivity index (χ0) is 25.2. The van der Waals surface area contributed by atoms with E-state index in [9.17, 15) is 4.79 Å². The van der Waals surface area contributed by atoms with E-state index >= 15 is 0 Å². The van der Waals surface area contributed by atoms with Gasteiger partial charge in [-0.15, -0.1) is 0 Å². The average Bonchev–Trinajstić information content (AvgIpc) is 3.70. The van der Waals surface area contributed by atoms with E-state index in [4.69, 9.17) is 15.5 Å². The Kier molecular flexibility index (Phi) is 7.10. The molecule has 36 heavy (non-hydrogen) atoms. The number of pyridine rings is 1. The number of aromatic nitrogens is 1. The Morgan fingerprint density at radius 2 is 1.86 bits per heavy atom. The number of ether oxygens (including phenoxy) is 1. The van der Waals surface area contributed by atoms with Crippen LogP contribution in [0.15, 0.2) is 35.5 Å². The smallest absolute Gasteiger partial charge is 0.230 e. The van der Waals surface area contributed by atoms with Crippen LogP contribution in [0.1, 0.15) is 61.5 Å². The van der Waals surface area contributed by atoms with Gasteiger partial charge < -0.3 is 20.7 Å². The summed E-state index contributed by atoms with van der Waals surface area (Å²) in [6.07, 6.45) is 9.25. The van der Waals surface area contributed by atoms with Gasteiger partial charge in [0.15, 0.2) is 0 Å². The molecule has 1 saturated carbocycles. The Bertz CT molecular complexity index is 1170. The molecule has 5 rings (SSSR count). The minimum atomic E-state index is 0.157. The summed E-state index contributed by atoms with van der Waals surface area (Å²) in [4.78, 5) is 24.6. The van der Waals surface area contributed by atoms with Crippen molar-refractivity contribution in [1.29, 1.82) is 0 Å². The molecule has 1 aromatic carbocycles. The van der Waals surface area contributed by atoms with E-state index in [2.05, 4.69) is 23.3 Å².